The number of hydrogen-bond donors (Lipinski definition) is 1. The van der Waals surface area contributed by atoms with Gasteiger partial charge in [-0.15, -0.1) is 0 Å². The summed E-state index contributed by atoms with van der Waals surface area (Å²) in [5.74, 6) is -0.00544. The van der Waals surface area contributed by atoms with Crippen molar-refractivity contribution in [3.63, 3.8) is 0 Å². The van der Waals surface area contributed by atoms with Crippen molar-refractivity contribution in [2.75, 3.05) is 33.2 Å². The number of piperazine rings is 1. The molecule has 0 aromatic carbocycles. The van der Waals surface area contributed by atoms with Gasteiger partial charge in [-0.2, -0.15) is 5.10 Å². The van der Waals surface area contributed by atoms with Gasteiger partial charge in [-0.1, -0.05) is 0 Å². The number of halogens is 1. The Kier molecular flexibility index (Phi) is 3.24. The highest BCUT2D eigenvalue weighted by molar-refractivity contribution is 9.10. The first-order valence-electron chi connectivity index (χ1n) is 6.25. The highest BCUT2D eigenvalue weighted by Crippen LogP contribution is 2.11. The number of aromatic nitrogens is 3. The van der Waals surface area contributed by atoms with Gasteiger partial charge in [0.15, 0.2) is 11.3 Å². The Hall–Kier alpha value is -1.47. The molecule has 1 amide bonds. The van der Waals surface area contributed by atoms with Gasteiger partial charge < -0.3 is 9.80 Å². The predicted octanol–water partition coefficient (Wildman–Crippen LogP) is -0.538. The smallest absolute Gasteiger partial charge is 0.274 e. The van der Waals surface area contributed by atoms with Crippen molar-refractivity contribution >= 4 is 27.5 Å². The fourth-order valence-electron chi connectivity index (χ4n) is 2.21. The molecule has 19 heavy (non-hydrogen) atoms. The highest BCUT2D eigenvalue weighted by atomic mass is 79.9. The summed E-state index contributed by atoms with van der Waals surface area (Å²) in [5.41, 5.74) is 1.15. The van der Waals surface area contributed by atoms with E-state index < -0.39 is 0 Å². The fraction of sp³-hybridized carbons (Fsp3) is 0.417. The zero-order chi connectivity index (χ0) is 13.4. The number of carbonyl (C=O) groups is 1. The van der Waals surface area contributed by atoms with E-state index in [0.717, 1.165) is 30.7 Å². The Morgan fingerprint density at radius 2 is 2.16 bits per heavy atom. The lowest BCUT2D eigenvalue weighted by Crippen LogP contribution is -3.12. The van der Waals surface area contributed by atoms with Crippen LogP contribution in [0, 0.1) is 0 Å². The number of rotatable bonds is 1. The Bertz CT molecular complexity index is 618. The minimum absolute atomic E-state index is 0.00544. The van der Waals surface area contributed by atoms with Crippen molar-refractivity contribution in [1.82, 2.24) is 19.5 Å². The summed E-state index contributed by atoms with van der Waals surface area (Å²) in [6, 6.07) is 1.74. The first kappa shape index (κ1) is 12.6. The third-order valence-electron chi connectivity index (χ3n) is 3.41. The molecular formula is C12H15BrN5O+. The van der Waals surface area contributed by atoms with Crippen LogP contribution < -0.4 is 4.90 Å². The Labute approximate surface area is 119 Å². The number of nitrogens with one attached hydrogen (secondary N) is 1. The second kappa shape index (κ2) is 4.90. The van der Waals surface area contributed by atoms with Crippen molar-refractivity contribution in [2.24, 2.45) is 0 Å². The number of carbonyl (C=O) groups excluding carboxylic acids is 1. The molecule has 3 rings (SSSR count). The standard InChI is InChI=1S/C12H14BrN5O/c1-16-2-4-17(5-3-16)12(19)10-6-11-14-7-9(13)8-18(11)15-10/h6-8H,2-5H2,1H3/p+1. The summed E-state index contributed by atoms with van der Waals surface area (Å²) in [6.45, 7) is 3.55. The molecule has 0 unspecified atom stereocenters. The van der Waals surface area contributed by atoms with E-state index in [1.54, 1.807) is 23.0 Å². The second-order valence-electron chi connectivity index (χ2n) is 4.85. The Balaban J connectivity index is 1.85. The molecule has 1 saturated heterocycles. The van der Waals surface area contributed by atoms with Crippen LogP contribution in [-0.2, 0) is 0 Å². The Morgan fingerprint density at radius 3 is 2.89 bits per heavy atom. The van der Waals surface area contributed by atoms with Crippen molar-refractivity contribution in [3.05, 3.63) is 28.6 Å². The van der Waals surface area contributed by atoms with Crippen LogP contribution in [0.25, 0.3) is 5.65 Å². The molecule has 0 saturated carbocycles. The van der Waals surface area contributed by atoms with Crippen LogP contribution in [0.1, 0.15) is 10.5 Å². The molecular weight excluding hydrogens is 310 g/mol. The molecule has 6 nitrogen and oxygen atoms in total. The van der Waals surface area contributed by atoms with Crippen LogP contribution >= 0.6 is 15.9 Å². The molecule has 2 aromatic heterocycles. The number of nitrogens with zero attached hydrogens (tertiary/aromatic N) is 4. The molecule has 2 aromatic rings. The molecule has 0 spiro atoms. The molecule has 1 aliphatic rings. The Morgan fingerprint density at radius 1 is 1.42 bits per heavy atom. The maximum absolute atomic E-state index is 12.4. The van der Waals surface area contributed by atoms with E-state index >= 15 is 0 Å². The maximum Gasteiger partial charge on any atom is 0.274 e. The summed E-state index contributed by atoms with van der Waals surface area (Å²) < 4.78 is 2.46. The molecule has 7 heteroatoms. The van der Waals surface area contributed by atoms with Gasteiger partial charge in [0.2, 0.25) is 0 Å². The average molecular weight is 325 g/mol. The van der Waals surface area contributed by atoms with Crippen LogP contribution in [-0.4, -0.2) is 58.6 Å². The van der Waals surface area contributed by atoms with E-state index in [2.05, 4.69) is 33.1 Å². The van der Waals surface area contributed by atoms with Crippen molar-refractivity contribution < 1.29 is 9.69 Å². The zero-order valence-corrected chi connectivity index (χ0v) is 12.2. The molecule has 0 bridgehead atoms. The summed E-state index contributed by atoms with van der Waals surface area (Å²) in [5, 5.41) is 4.29. The van der Waals surface area contributed by atoms with E-state index in [1.165, 1.54) is 4.90 Å². The van der Waals surface area contributed by atoms with Crippen LogP contribution in [0.15, 0.2) is 22.9 Å². The van der Waals surface area contributed by atoms with Gasteiger partial charge >= 0.3 is 0 Å². The quantitative estimate of drug-likeness (QED) is 0.766. The van der Waals surface area contributed by atoms with Gasteiger partial charge in [0, 0.05) is 18.5 Å². The minimum Gasteiger partial charge on any atom is -0.334 e. The van der Waals surface area contributed by atoms with Crippen LogP contribution in [0.4, 0.5) is 0 Å². The van der Waals surface area contributed by atoms with E-state index in [-0.39, 0.29) is 5.91 Å². The summed E-state index contributed by atoms with van der Waals surface area (Å²) in [7, 11) is 2.15. The van der Waals surface area contributed by atoms with E-state index in [9.17, 15) is 4.79 Å². The molecule has 1 fully saturated rings. The molecule has 100 valence electrons. The SMILES string of the molecule is C[NH+]1CCN(C(=O)c2cc3ncc(Br)cn3n2)CC1. The van der Waals surface area contributed by atoms with Crippen LogP contribution in [0.2, 0.25) is 0 Å². The second-order valence-corrected chi connectivity index (χ2v) is 5.77. The molecule has 0 aliphatic carbocycles. The number of fused-ring (bicyclic) bond motifs is 1. The summed E-state index contributed by atoms with van der Waals surface area (Å²) in [6.07, 6.45) is 3.50. The van der Waals surface area contributed by atoms with Gasteiger partial charge in [0.05, 0.1) is 37.7 Å². The van der Waals surface area contributed by atoms with Gasteiger partial charge in [0.25, 0.3) is 5.91 Å². The van der Waals surface area contributed by atoms with E-state index in [0.29, 0.717) is 11.3 Å². The third kappa shape index (κ3) is 2.48. The fourth-order valence-corrected chi connectivity index (χ4v) is 2.51. The lowest BCUT2D eigenvalue weighted by molar-refractivity contribution is -0.883. The van der Waals surface area contributed by atoms with Crippen molar-refractivity contribution in [1.29, 1.82) is 0 Å². The van der Waals surface area contributed by atoms with Crippen molar-refractivity contribution in [2.45, 2.75) is 0 Å². The average Bonchev–Trinajstić information content (AvgIpc) is 2.81. The minimum atomic E-state index is -0.00544. The first-order valence-corrected chi connectivity index (χ1v) is 7.04. The molecule has 0 radical (unpaired) electrons. The van der Waals surface area contributed by atoms with Gasteiger partial charge in [0.1, 0.15) is 0 Å². The molecule has 1 N–H and O–H groups in total. The highest BCUT2D eigenvalue weighted by Gasteiger charge is 2.24. The van der Waals surface area contributed by atoms with Crippen LogP contribution in [0.3, 0.4) is 0 Å². The van der Waals surface area contributed by atoms with Gasteiger partial charge in [-0.05, 0) is 15.9 Å². The zero-order valence-electron chi connectivity index (χ0n) is 10.6. The van der Waals surface area contributed by atoms with E-state index in [4.69, 9.17) is 0 Å². The molecule has 3 heterocycles. The topological polar surface area (TPSA) is 54.9 Å². The van der Waals surface area contributed by atoms with E-state index in [1.807, 2.05) is 4.90 Å². The summed E-state index contributed by atoms with van der Waals surface area (Å²) >= 11 is 3.34. The molecule has 1 aliphatic heterocycles. The predicted molar refractivity (Wildman–Crippen MR) is 73.2 cm³/mol. The largest absolute Gasteiger partial charge is 0.334 e. The van der Waals surface area contributed by atoms with Crippen molar-refractivity contribution in [3.8, 4) is 0 Å². The van der Waals surface area contributed by atoms with Gasteiger partial charge in [-0.25, -0.2) is 9.50 Å². The first-order chi connectivity index (χ1) is 9.13. The number of amides is 1. The normalized spacial score (nSPS) is 17.1. The van der Waals surface area contributed by atoms with Crippen LogP contribution in [0.5, 0.6) is 0 Å². The number of hydrogen-bond acceptors (Lipinski definition) is 3. The summed E-state index contributed by atoms with van der Waals surface area (Å²) in [4.78, 5) is 19.9. The number of quaternary nitrogens is 1. The monoisotopic (exact) mass is 324 g/mol. The molecule has 0 atom stereocenters. The lowest BCUT2D eigenvalue weighted by Gasteiger charge is -2.29. The lowest BCUT2D eigenvalue weighted by atomic mass is 10.3. The van der Waals surface area contributed by atoms with Gasteiger partial charge in [-0.3, -0.25) is 4.79 Å². The third-order valence-corrected chi connectivity index (χ3v) is 3.81. The number of likely N-dealkylation sites (N-methyl/N-ethyl adjacent to an activating group) is 1. The maximum atomic E-state index is 12.4.